The molecule has 0 amide bonds. The van der Waals surface area contributed by atoms with Gasteiger partial charge in [0.25, 0.3) is 5.56 Å². The molecule has 0 fully saturated rings. The number of allylic oxidation sites excluding steroid dienone is 1. The first-order chi connectivity index (χ1) is 16.7. The van der Waals surface area contributed by atoms with Crippen LogP contribution in [0.5, 0.6) is 5.75 Å². The first kappa shape index (κ1) is 24.5. The van der Waals surface area contributed by atoms with Gasteiger partial charge in [0, 0.05) is 5.56 Å². The number of halogens is 3. The Hall–Kier alpha value is -3.66. The van der Waals surface area contributed by atoms with Crippen molar-refractivity contribution in [2.24, 2.45) is 4.99 Å². The zero-order valence-electron chi connectivity index (χ0n) is 18.8. The van der Waals surface area contributed by atoms with Crippen molar-refractivity contribution in [3.63, 3.8) is 0 Å². The Balaban J connectivity index is 1.91. The largest absolute Gasteiger partial charge is 0.483 e. The average Bonchev–Trinajstić information content (AvgIpc) is 3.16. The number of rotatable bonds is 6. The van der Waals surface area contributed by atoms with Crippen LogP contribution in [0.3, 0.4) is 0 Å². The van der Waals surface area contributed by atoms with E-state index in [0.717, 1.165) is 11.3 Å². The van der Waals surface area contributed by atoms with Crippen molar-refractivity contribution in [1.82, 2.24) is 4.57 Å². The van der Waals surface area contributed by atoms with Gasteiger partial charge in [-0.2, -0.15) is 13.2 Å². The zero-order chi connectivity index (χ0) is 25.2. The molecular formula is C25H21F3N2O4S. The number of para-hydroxylation sites is 1. The number of hydrogen-bond acceptors (Lipinski definition) is 6. The predicted molar refractivity (Wildman–Crippen MR) is 125 cm³/mol. The van der Waals surface area contributed by atoms with Gasteiger partial charge in [-0.05, 0) is 24.1 Å². The number of carbonyl (C=O) groups excluding carboxylic acids is 1. The molecule has 1 aliphatic heterocycles. The molecule has 1 aromatic heterocycles. The van der Waals surface area contributed by atoms with Crippen LogP contribution in [0.4, 0.5) is 13.2 Å². The smallest absolute Gasteiger partial charge is 0.422 e. The van der Waals surface area contributed by atoms with Crippen LogP contribution in [-0.2, 0) is 9.53 Å². The lowest BCUT2D eigenvalue weighted by Gasteiger charge is -2.25. The average molecular weight is 503 g/mol. The number of methoxy groups -OCH3 is 1. The molecule has 4 rings (SSSR count). The Labute approximate surface area is 202 Å². The van der Waals surface area contributed by atoms with E-state index in [0.29, 0.717) is 28.0 Å². The summed E-state index contributed by atoms with van der Waals surface area (Å²) in [5, 5.41) is 0. The first-order valence-electron chi connectivity index (χ1n) is 10.7. The highest BCUT2D eigenvalue weighted by atomic mass is 32.1. The fourth-order valence-corrected chi connectivity index (χ4v) is 4.86. The number of thiazole rings is 1. The fraction of sp³-hybridized carbons (Fsp3) is 0.240. The van der Waals surface area contributed by atoms with Crippen LogP contribution in [0.15, 0.2) is 75.7 Å². The minimum Gasteiger partial charge on any atom is -0.483 e. The van der Waals surface area contributed by atoms with E-state index in [1.807, 2.05) is 25.1 Å². The number of nitrogens with zero attached hydrogens (tertiary/aromatic N) is 2. The maximum absolute atomic E-state index is 13.6. The molecule has 0 unspecified atom stereocenters. The molecule has 35 heavy (non-hydrogen) atoms. The lowest BCUT2D eigenvalue weighted by atomic mass is 9.95. The van der Waals surface area contributed by atoms with Gasteiger partial charge in [0.2, 0.25) is 0 Å². The SMILES string of the molecule is CCC1=C(C(=O)OC)[C@@H](c2ccccc2)n2c(s/c(=C/c3ccccc3OCC(F)(F)F)c2=O)=N1. The maximum atomic E-state index is 13.6. The lowest BCUT2D eigenvalue weighted by Crippen LogP contribution is -2.40. The standard InChI is InChI=1S/C25H21F3N2O4S/c1-3-17-20(23(32)33-2)21(15-9-5-4-6-10-15)30-22(31)19(35-24(30)29-17)13-16-11-7-8-12-18(16)34-14-25(26,27)28/h4-13,21H,3,14H2,1-2H3/b19-13+/t21-/m1/s1. The van der Waals surface area contributed by atoms with E-state index < -0.39 is 30.4 Å². The van der Waals surface area contributed by atoms with Crippen LogP contribution in [0.25, 0.3) is 6.08 Å². The normalized spacial score (nSPS) is 16.0. The van der Waals surface area contributed by atoms with Crippen molar-refractivity contribution in [2.75, 3.05) is 13.7 Å². The quantitative estimate of drug-likeness (QED) is 0.482. The Kier molecular flexibility index (Phi) is 6.93. The number of aromatic nitrogens is 1. The Morgan fingerprint density at radius 1 is 1.14 bits per heavy atom. The van der Waals surface area contributed by atoms with Crippen LogP contribution < -0.4 is 19.6 Å². The van der Waals surface area contributed by atoms with Crippen molar-refractivity contribution < 1.29 is 27.4 Å². The molecule has 0 aliphatic carbocycles. The summed E-state index contributed by atoms with van der Waals surface area (Å²) < 4.78 is 49.7. The molecule has 3 aromatic rings. The number of carbonyl (C=O) groups is 1. The Morgan fingerprint density at radius 3 is 2.49 bits per heavy atom. The summed E-state index contributed by atoms with van der Waals surface area (Å²) in [4.78, 5) is 31.3. The van der Waals surface area contributed by atoms with Gasteiger partial charge in [-0.15, -0.1) is 0 Å². The first-order valence-corrected chi connectivity index (χ1v) is 11.5. The van der Waals surface area contributed by atoms with E-state index in [1.54, 1.807) is 30.3 Å². The molecule has 0 saturated heterocycles. The zero-order valence-corrected chi connectivity index (χ0v) is 19.7. The van der Waals surface area contributed by atoms with Gasteiger partial charge in [-0.1, -0.05) is 66.8 Å². The van der Waals surface area contributed by atoms with Crippen molar-refractivity contribution in [3.8, 4) is 5.75 Å². The van der Waals surface area contributed by atoms with E-state index in [9.17, 15) is 22.8 Å². The number of hydrogen-bond donors (Lipinski definition) is 0. The monoisotopic (exact) mass is 502 g/mol. The molecule has 0 radical (unpaired) electrons. The second-order valence-electron chi connectivity index (χ2n) is 7.64. The van der Waals surface area contributed by atoms with E-state index in [2.05, 4.69) is 4.99 Å². The van der Waals surface area contributed by atoms with Crippen LogP contribution in [0, 0.1) is 0 Å². The van der Waals surface area contributed by atoms with Crippen LogP contribution in [0.2, 0.25) is 0 Å². The van der Waals surface area contributed by atoms with E-state index >= 15 is 0 Å². The van der Waals surface area contributed by atoms with Gasteiger partial charge in [-0.25, -0.2) is 9.79 Å². The van der Waals surface area contributed by atoms with Crippen LogP contribution >= 0.6 is 11.3 Å². The number of benzene rings is 2. The third-order valence-corrected chi connectivity index (χ3v) is 6.35. The highest BCUT2D eigenvalue weighted by molar-refractivity contribution is 7.07. The summed E-state index contributed by atoms with van der Waals surface area (Å²) in [7, 11) is 1.27. The number of fused-ring (bicyclic) bond motifs is 1. The summed E-state index contributed by atoms with van der Waals surface area (Å²) in [6, 6.07) is 14.5. The van der Waals surface area contributed by atoms with Crippen molar-refractivity contribution in [2.45, 2.75) is 25.6 Å². The molecule has 2 aromatic carbocycles. The molecule has 0 spiro atoms. The minimum absolute atomic E-state index is 0.000216. The van der Waals surface area contributed by atoms with Gasteiger partial charge >= 0.3 is 12.1 Å². The maximum Gasteiger partial charge on any atom is 0.422 e. The van der Waals surface area contributed by atoms with Gasteiger partial charge in [0.1, 0.15) is 5.75 Å². The summed E-state index contributed by atoms with van der Waals surface area (Å²) in [5.74, 6) is -0.584. The molecule has 0 N–H and O–H groups in total. The lowest BCUT2D eigenvalue weighted by molar-refractivity contribution is -0.153. The van der Waals surface area contributed by atoms with Crippen LogP contribution in [-0.4, -0.2) is 30.4 Å². The molecule has 1 aliphatic rings. The molecule has 0 bridgehead atoms. The van der Waals surface area contributed by atoms with Gasteiger partial charge < -0.3 is 9.47 Å². The second kappa shape index (κ2) is 9.91. The minimum atomic E-state index is -4.50. The third kappa shape index (κ3) is 5.07. The topological polar surface area (TPSA) is 69.9 Å². The van der Waals surface area contributed by atoms with Crippen LogP contribution in [0.1, 0.15) is 30.5 Å². The van der Waals surface area contributed by atoms with Gasteiger partial charge in [0.05, 0.1) is 29.0 Å². The molecule has 10 heteroatoms. The summed E-state index contributed by atoms with van der Waals surface area (Å²) in [6.07, 6.45) is -2.58. The fourth-order valence-electron chi connectivity index (χ4n) is 3.85. The highest BCUT2D eigenvalue weighted by Gasteiger charge is 2.33. The summed E-state index contributed by atoms with van der Waals surface area (Å²) in [5.41, 5.74) is 1.38. The third-order valence-electron chi connectivity index (χ3n) is 5.36. The predicted octanol–water partition coefficient (Wildman–Crippen LogP) is 3.74. The molecule has 2 heterocycles. The van der Waals surface area contributed by atoms with Crippen molar-refractivity contribution in [1.29, 1.82) is 0 Å². The van der Waals surface area contributed by atoms with Crippen molar-refractivity contribution in [3.05, 3.63) is 96.7 Å². The summed E-state index contributed by atoms with van der Waals surface area (Å²) in [6.45, 7) is 0.405. The summed E-state index contributed by atoms with van der Waals surface area (Å²) >= 11 is 1.09. The van der Waals surface area contributed by atoms with Gasteiger partial charge in [-0.3, -0.25) is 9.36 Å². The van der Waals surface area contributed by atoms with Gasteiger partial charge in [0.15, 0.2) is 11.4 Å². The Morgan fingerprint density at radius 2 is 1.83 bits per heavy atom. The number of esters is 1. The molecule has 0 saturated carbocycles. The molecular weight excluding hydrogens is 481 g/mol. The van der Waals surface area contributed by atoms with Crippen molar-refractivity contribution >= 4 is 23.4 Å². The van der Waals surface area contributed by atoms with E-state index in [-0.39, 0.29) is 15.9 Å². The highest BCUT2D eigenvalue weighted by Crippen LogP contribution is 2.31. The van der Waals surface area contributed by atoms with E-state index in [4.69, 9.17) is 9.47 Å². The number of ether oxygens (including phenoxy) is 2. The molecule has 6 nitrogen and oxygen atoms in total. The van der Waals surface area contributed by atoms with E-state index in [1.165, 1.54) is 23.8 Å². The number of alkyl halides is 3. The Bertz CT molecular complexity index is 1460. The molecule has 1 atom stereocenters. The molecule has 182 valence electrons. The second-order valence-corrected chi connectivity index (χ2v) is 8.65.